The Labute approximate surface area is 135 Å². The molecule has 0 fully saturated rings. The van der Waals surface area contributed by atoms with Crippen molar-refractivity contribution in [2.24, 2.45) is 0 Å². The van der Waals surface area contributed by atoms with E-state index in [1.54, 1.807) is 6.08 Å². The molecule has 0 unspecified atom stereocenters. The van der Waals surface area contributed by atoms with Crippen molar-refractivity contribution >= 4 is 34.1 Å². The molecule has 1 rings (SSSR count). The summed E-state index contributed by atoms with van der Waals surface area (Å²) in [6.45, 7) is 14.4. The van der Waals surface area contributed by atoms with Gasteiger partial charge in [0.05, 0.1) is 5.25 Å². The maximum atomic E-state index is 12.5. The fourth-order valence-corrected chi connectivity index (χ4v) is 3.96. The molecule has 0 bridgehead atoms. The minimum atomic E-state index is -0.171. The number of carbonyl (C=O) groups excluding carboxylic acids is 1. The van der Waals surface area contributed by atoms with Crippen LogP contribution in [0.25, 0.3) is 0 Å². The zero-order valence-corrected chi connectivity index (χ0v) is 14.9. The first-order chi connectivity index (χ1) is 9.86. The maximum absolute atomic E-state index is 12.5. The molecule has 0 spiro atoms. The topological polar surface area (TPSA) is 58.1 Å². The van der Waals surface area contributed by atoms with Crippen molar-refractivity contribution in [2.75, 3.05) is 11.9 Å². The average Bonchev–Trinajstić information content (AvgIpc) is 2.82. The van der Waals surface area contributed by atoms with Crippen LogP contribution in [0.5, 0.6) is 0 Å². The van der Waals surface area contributed by atoms with E-state index in [9.17, 15) is 4.79 Å². The van der Waals surface area contributed by atoms with Crippen molar-refractivity contribution in [2.45, 2.75) is 56.3 Å². The van der Waals surface area contributed by atoms with Crippen molar-refractivity contribution in [3.05, 3.63) is 12.7 Å². The van der Waals surface area contributed by atoms with E-state index in [0.29, 0.717) is 6.54 Å². The van der Waals surface area contributed by atoms with Crippen molar-refractivity contribution in [3.63, 3.8) is 0 Å². The zero-order valence-electron chi connectivity index (χ0n) is 13.3. The van der Waals surface area contributed by atoms with Gasteiger partial charge in [-0.2, -0.15) is 0 Å². The second kappa shape index (κ2) is 8.38. The second-order valence-electron chi connectivity index (χ2n) is 5.24. The molecule has 1 atom stereocenters. The summed E-state index contributed by atoms with van der Waals surface area (Å²) in [6.07, 6.45) is 1.77. The minimum Gasteiger partial charge on any atom is -0.357 e. The lowest BCUT2D eigenvalue weighted by Crippen LogP contribution is -2.45. The van der Waals surface area contributed by atoms with Crippen LogP contribution in [0.4, 0.5) is 5.13 Å². The van der Waals surface area contributed by atoms with Gasteiger partial charge < -0.3 is 10.2 Å². The summed E-state index contributed by atoms with van der Waals surface area (Å²) in [6, 6.07) is 0.388. The Hall–Kier alpha value is -1.08. The zero-order chi connectivity index (χ0) is 16.0. The summed E-state index contributed by atoms with van der Waals surface area (Å²) in [4.78, 5) is 14.5. The Morgan fingerprint density at radius 3 is 2.48 bits per heavy atom. The molecule has 1 heterocycles. The van der Waals surface area contributed by atoms with E-state index in [2.05, 4.69) is 22.1 Å². The highest BCUT2D eigenvalue weighted by Crippen LogP contribution is 2.30. The molecule has 118 valence electrons. The van der Waals surface area contributed by atoms with Gasteiger partial charge in [-0.25, -0.2) is 0 Å². The Bertz CT molecular complexity index is 465. The Kier molecular flexibility index (Phi) is 7.17. The number of hydrogen-bond donors (Lipinski definition) is 1. The van der Waals surface area contributed by atoms with Gasteiger partial charge in [0.2, 0.25) is 11.0 Å². The predicted octanol–water partition coefficient (Wildman–Crippen LogP) is 3.26. The van der Waals surface area contributed by atoms with Gasteiger partial charge in [-0.05, 0) is 34.6 Å². The molecule has 5 nitrogen and oxygen atoms in total. The molecule has 0 aromatic carbocycles. The molecule has 0 saturated carbocycles. The number of hydrogen-bond acceptors (Lipinski definition) is 6. The predicted molar refractivity (Wildman–Crippen MR) is 91.0 cm³/mol. The van der Waals surface area contributed by atoms with Gasteiger partial charge in [0.25, 0.3) is 0 Å². The minimum absolute atomic E-state index is 0.140. The third-order valence-electron chi connectivity index (χ3n) is 2.80. The third-order valence-corrected chi connectivity index (χ3v) is 4.85. The highest BCUT2D eigenvalue weighted by atomic mass is 32.2. The second-order valence-corrected chi connectivity index (χ2v) is 7.80. The van der Waals surface area contributed by atoms with Gasteiger partial charge in [-0.15, -0.1) is 16.8 Å². The SMILES string of the molecule is C=CCNc1nnc(S[C@H](C)C(=O)N(C(C)C)C(C)C)s1. The molecule has 1 aromatic rings. The van der Waals surface area contributed by atoms with Crippen LogP contribution in [0.3, 0.4) is 0 Å². The van der Waals surface area contributed by atoms with Crippen molar-refractivity contribution in [3.8, 4) is 0 Å². The lowest BCUT2D eigenvalue weighted by Gasteiger charge is -2.32. The number of aromatic nitrogens is 2. The first-order valence-corrected chi connectivity index (χ1v) is 8.73. The quantitative estimate of drug-likeness (QED) is 0.586. The summed E-state index contributed by atoms with van der Waals surface area (Å²) in [5.74, 6) is 0.140. The molecule has 0 aliphatic carbocycles. The largest absolute Gasteiger partial charge is 0.357 e. The highest BCUT2D eigenvalue weighted by Gasteiger charge is 2.26. The standard InChI is InChI=1S/C14H24N4OS2/c1-7-8-15-13-16-17-14(21-13)20-11(6)12(19)18(9(2)3)10(4)5/h7,9-11H,1,8H2,2-6H3,(H,15,16)/t11-/m1/s1. The third kappa shape index (κ3) is 5.32. The van der Waals surface area contributed by atoms with Crippen LogP contribution < -0.4 is 5.32 Å². The number of rotatable bonds is 8. The fourth-order valence-electron chi connectivity index (χ4n) is 2.01. The summed E-state index contributed by atoms with van der Waals surface area (Å²) < 4.78 is 0.801. The lowest BCUT2D eigenvalue weighted by molar-refractivity contribution is -0.133. The Morgan fingerprint density at radius 1 is 1.33 bits per heavy atom. The van der Waals surface area contributed by atoms with Crippen LogP contribution in [-0.4, -0.2) is 44.9 Å². The number of carbonyl (C=O) groups is 1. The van der Waals surface area contributed by atoms with E-state index < -0.39 is 0 Å². The van der Waals surface area contributed by atoms with E-state index in [1.807, 2.05) is 39.5 Å². The van der Waals surface area contributed by atoms with Crippen LogP contribution in [0, 0.1) is 0 Å². The van der Waals surface area contributed by atoms with Gasteiger partial charge in [-0.1, -0.05) is 29.2 Å². The smallest absolute Gasteiger partial charge is 0.236 e. The van der Waals surface area contributed by atoms with E-state index in [-0.39, 0.29) is 23.2 Å². The van der Waals surface area contributed by atoms with E-state index in [1.165, 1.54) is 23.1 Å². The van der Waals surface area contributed by atoms with Gasteiger partial charge in [-0.3, -0.25) is 4.79 Å². The van der Waals surface area contributed by atoms with Crippen molar-refractivity contribution < 1.29 is 4.79 Å². The number of nitrogens with zero attached hydrogens (tertiary/aromatic N) is 3. The Balaban J connectivity index is 2.66. The summed E-state index contributed by atoms with van der Waals surface area (Å²) in [5.41, 5.74) is 0. The first-order valence-electron chi connectivity index (χ1n) is 7.03. The van der Waals surface area contributed by atoms with E-state index >= 15 is 0 Å². The van der Waals surface area contributed by atoms with Crippen LogP contribution in [0.2, 0.25) is 0 Å². The lowest BCUT2D eigenvalue weighted by atomic mass is 10.2. The fraction of sp³-hybridized carbons (Fsp3) is 0.643. The molecule has 7 heteroatoms. The van der Waals surface area contributed by atoms with Crippen LogP contribution in [-0.2, 0) is 4.79 Å². The van der Waals surface area contributed by atoms with Crippen molar-refractivity contribution in [1.29, 1.82) is 0 Å². The van der Waals surface area contributed by atoms with Crippen LogP contribution in [0.15, 0.2) is 17.0 Å². The molecule has 21 heavy (non-hydrogen) atoms. The normalized spacial score (nSPS) is 12.5. The van der Waals surface area contributed by atoms with Gasteiger partial charge in [0.15, 0.2) is 4.34 Å². The summed E-state index contributed by atoms with van der Waals surface area (Å²) in [5, 5.41) is 11.8. The molecule has 0 aliphatic heterocycles. The van der Waals surface area contributed by atoms with Crippen molar-refractivity contribution in [1.82, 2.24) is 15.1 Å². The number of thioether (sulfide) groups is 1. The van der Waals surface area contributed by atoms with Gasteiger partial charge in [0, 0.05) is 18.6 Å². The van der Waals surface area contributed by atoms with Gasteiger partial charge in [0.1, 0.15) is 0 Å². The van der Waals surface area contributed by atoms with Gasteiger partial charge >= 0.3 is 0 Å². The summed E-state index contributed by atoms with van der Waals surface area (Å²) >= 11 is 2.92. The highest BCUT2D eigenvalue weighted by molar-refractivity contribution is 8.02. The maximum Gasteiger partial charge on any atom is 0.236 e. The molecular weight excluding hydrogens is 304 g/mol. The Morgan fingerprint density at radius 2 is 1.95 bits per heavy atom. The molecule has 0 saturated heterocycles. The number of amides is 1. The molecule has 1 N–H and O–H groups in total. The number of anilines is 1. The number of nitrogens with one attached hydrogen (secondary N) is 1. The summed E-state index contributed by atoms with van der Waals surface area (Å²) in [7, 11) is 0. The average molecular weight is 329 g/mol. The molecule has 1 amide bonds. The van der Waals surface area contributed by atoms with Crippen LogP contribution >= 0.6 is 23.1 Å². The molecule has 1 aromatic heterocycles. The molecule has 0 aliphatic rings. The van der Waals surface area contributed by atoms with Crippen LogP contribution in [0.1, 0.15) is 34.6 Å². The van der Waals surface area contributed by atoms with E-state index in [0.717, 1.165) is 9.47 Å². The monoisotopic (exact) mass is 328 g/mol. The first kappa shape index (κ1) is 18.0. The molecular formula is C14H24N4OS2. The molecule has 0 radical (unpaired) electrons. The van der Waals surface area contributed by atoms with E-state index in [4.69, 9.17) is 0 Å².